The van der Waals surface area contributed by atoms with Crippen molar-refractivity contribution >= 4 is 8.32 Å². The van der Waals surface area contributed by atoms with Crippen molar-refractivity contribution in [3.63, 3.8) is 0 Å². The first-order chi connectivity index (χ1) is 14.0. The maximum atomic E-state index is 9.81. The number of benzene rings is 1. The molecule has 168 valence electrons. The first-order valence-electron chi connectivity index (χ1n) is 12.4. The van der Waals surface area contributed by atoms with Crippen molar-refractivity contribution in [2.24, 2.45) is 29.1 Å². The molecule has 0 saturated heterocycles. The Morgan fingerprint density at radius 1 is 1.17 bits per heavy atom. The first-order valence-corrected chi connectivity index (χ1v) is 15.3. The summed E-state index contributed by atoms with van der Waals surface area (Å²) >= 11 is 0. The fourth-order valence-electron chi connectivity index (χ4n) is 7.17. The van der Waals surface area contributed by atoms with Crippen LogP contribution in [0.1, 0.15) is 83.8 Å². The monoisotopic (exact) mass is 428 g/mol. The van der Waals surface area contributed by atoms with Crippen LogP contribution in [0.2, 0.25) is 18.1 Å². The Balaban J connectivity index is 1.56. The lowest BCUT2D eigenvalue weighted by molar-refractivity contribution is 0.00157. The van der Waals surface area contributed by atoms with Crippen LogP contribution in [0.4, 0.5) is 0 Å². The van der Waals surface area contributed by atoms with Crippen molar-refractivity contribution in [3.05, 3.63) is 29.3 Å². The lowest BCUT2D eigenvalue weighted by Crippen LogP contribution is -2.44. The lowest BCUT2D eigenvalue weighted by Gasteiger charge is -2.52. The van der Waals surface area contributed by atoms with E-state index in [1.807, 2.05) is 0 Å². The van der Waals surface area contributed by atoms with Crippen LogP contribution in [0.25, 0.3) is 0 Å². The van der Waals surface area contributed by atoms with Gasteiger partial charge in [-0.25, -0.2) is 0 Å². The zero-order chi connectivity index (χ0) is 21.9. The van der Waals surface area contributed by atoms with E-state index in [0.717, 1.165) is 23.5 Å². The Morgan fingerprint density at radius 3 is 2.57 bits per heavy atom. The van der Waals surface area contributed by atoms with Crippen LogP contribution in [0.15, 0.2) is 18.2 Å². The smallest absolute Gasteiger partial charge is 0.250 e. The highest BCUT2D eigenvalue weighted by molar-refractivity contribution is 6.74. The summed E-state index contributed by atoms with van der Waals surface area (Å²) in [6.45, 7) is 16.8. The fraction of sp³-hybridized carbons (Fsp3) is 0.778. The third-order valence-electron chi connectivity index (χ3n) is 9.93. The summed E-state index contributed by atoms with van der Waals surface area (Å²) in [6, 6.07) is 7.06. The summed E-state index contributed by atoms with van der Waals surface area (Å²) in [6.07, 6.45) is 7.88. The normalized spacial score (nSPS) is 34.7. The molecule has 2 saturated carbocycles. The van der Waals surface area contributed by atoms with Gasteiger partial charge in [0.25, 0.3) is 0 Å². The fourth-order valence-corrected chi connectivity index (χ4v) is 8.19. The van der Waals surface area contributed by atoms with Gasteiger partial charge in [-0.2, -0.15) is 0 Å². The predicted octanol–water partition coefficient (Wildman–Crippen LogP) is 7.17. The van der Waals surface area contributed by atoms with Crippen LogP contribution in [0, 0.1) is 29.1 Å². The van der Waals surface area contributed by atoms with Crippen molar-refractivity contribution in [3.8, 4) is 5.75 Å². The van der Waals surface area contributed by atoms with E-state index in [-0.39, 0.29) is 5.04 Å². The molecule has 0 aromatic heterocycles. The molecule has 0 radical (unpaired) electrons. The third kappa shape index (κ3) is 3.58. The quantitative estimate of drug-likeness (QED) is 0.515. The molecule has 6 atom stereocenters. The Labute approximate surface area is 185 Å². The van der Waals surface area contributed by atoms with E-state index in [2.05, 4.69) is 65.9 Å². The van der Waals surface area contributed by atoms with E-state index in [9.17, 15) is 5.11 Å². The van der Waals surface area contributed by atoms with Gasteiger partial charge in [-0.1, -0.05) is 40.7 Å². The topological polar surface area (TPSA) is 29.5 Å². The van der Waals surface area contributed by atoms with E-state index < -0.39 is 8.32 Å². The summed E-state index contributed by atoms with van der Waals surface area (Å²) in [5.74, 6) is 4.65. The largest absolute Gasteiger partial charge is 0.543 e. The van der Waals surface area contributed by atoms with Crippen LogP contribution >= 0.6 is 0 Å². The van der Waals surface area contributed by atoms with Crippen molar-refractivity contribution in [1.29, 1.82) is 0 Å². The van der Waals surface area contributed by atoms with Gasteiger partial charge in [-0.15, -0.1) is 0 Å². The first kappa shape index (κ1) is 22.4. The zero-order valence-corrected chi connectivity index (χ0v) is 21.4. The molecular weight excluding hydrogens is 384 g/mol. The molecule has 1 aromatic rings. The molecule has 0 unspecified atom stereocenters. The number of aryl methyl sites for hydroxylation is 1. The van der Waals surface area contributed by atoms with Crippen LogP contribution in [-0.2, 0) is 6.42 Å². The maximum Gasteiger partial charge on any atom is 0.250 e. The Hall–Kier alpha value is -0.803. The molecule has 3 aliphatic rings. The van der Waals surface area contributed by atoms with Crippen molar-refractivity contribution in [2.45, 2.75) is 97.2 Å². The third-order valence-corrected chi connectivity index (χ3v) is 14.3. The molecule has 0 heterocycles. The second-order valence-electron chi connectivity index (χ2n) is 12.5. The second-order valence-corrected chi connectivity index (χ2v) is 17.3. The molecule has 0 bridgehead atoms. The molecule has 4 rings (SSSR count). The average Bonchev–Trinajstić information content (AvgIpc) is 3.03. The van der Waals surface area contributed by atoms with Crippen molar-refractivity contribution < 1.29 is 9.53 Å². The van der Waals surface area contributed by atoms with Gasteiger partial charge in [0.15, 0.2) is 0 Å². The van der Waals surface area contributed by atoms with Gasteiger partial charge >= 0.3 is 0 Å². The molecule has 0 spiro atoms. The maximum absolute atomic E-state index is 9.81. The van der Waals surface area contributed by atoms with Crippen molar-refractivity contribution in [2.75, 3.05) is 6.61 Å². The summed E-state index contributed by atoms with van der Waals surface area (Å²) in [5.41, 5.74) is 3.61. The number of aliphatic hydroxyl groups excluding tert-OH is 1. The van der Waals surface area contributed by atoms with Gasteiger partial charge < -0.3 is 9.53 Å². The highest BCUT2D eigenvalue weighted by atomic mass is 28.4. The highest BCUT2D eigenvalue weighted by Crippen LogP contribution is 2.64. The molecule has 3 heteroatoms. The van der Waals surface area contributed by atoms with Crippen molar-refractivity contribution in [1.82, 2.24) is 0 Å². The van der Waals surface area contributed by atoms with Gasteiger partial charge in [0.2, 0.25) is 8.32 Å². The number of hydrogen-bond donors (Lipinski definition) is 1. The lowest BCUT2D eigenvalue weighted by atomic mass is 9.53. The zero-order valence-electron chi connectivity index (χ0n) is 20.4. The Kier molecular flexibility index (Phi) is 5.71. The van der Waals surface area contributed by atoms with Crippen LogP contribution in [0.5, 0.6) is 5.75 Å². The molecule has 0 aliphatic heterocycles. The summed E-state index contributed by atoms with van der Waals surface area (Å²) in [5, 5.41) is 10.0. The van der Waals surface area contributed by atoms with E-state index in [0.29, 0.717) is 23.9 Å². The molecule has 0 amide bonds. The van der Waals surface area contributed by atoms with E-state index in [4.69, 9.17) is 4.43 Å². The second kappa shape index (κ2) is 7.66. The van der Waals surface area contributed by atoms with Gasteiger partial charge in [-0.05, 0) is 115 Å². The molecule has 1 N–H and O–H groups in total. The van der Waals surface area contributed by atoms with Gasteiger partial charge in [-0.3, -0.25) is 0 Å². The molecule has 30 heavy (non-hydrogen) atoms. The molecule has 2 fully saturated rings. The number of hydrogen-bond acceptors (Lipinski definition) is 2. The number of rotatable bonds is 4. The SMILES string of the molecule is C[C@H](CO)[C@H]1CC[C@H]2[C@@H]3CCc4cc(O[Si](C)(C)C(C)(C)C)ccc4[C@H]3CC[C@]12C. The Morgan fingerprint density at radius 2 is 1.90 bits per heavy atom. The number of fused-ring (bicyclic) bond motifs is 5. The van der Waals surface area contributed by atoms with Gasteiger partial charge in [0, 0.05) is 6.61 Å². The van der Waals surface area contributed by atoms with E-state index in [1.54, 1.807) is 11.1 Å². The van der Waals surface area contributed by atoms with E-state index >= 15 is 0 Å². The van der Waals surface area contributed by atoms with Crippen LogP contribution < -0.4 is 4.43 Å². The van der Waals surface area contributed by atoms with Gasteiger partial charge in [0.1, 0.15) is 5.75 Å². The number of aliphatic hydroxyl groups is 1. The van der Waals surface area contributed by atoms with E-state index in [1.165, 1.54) is 38.5 Å². The molecule has 3 aliphatic carbocycles. The summed E-state index contributed by atoms with van der Waals surface area (Å²) < 4.78 is 6.62. The predicted molar refractivity (Wildman–Crippen MR) is 129 cm³/mol. The minimum atomic E-state index is -1.80. The standard InChI is InChI=1S/C27H44O2Si/c1-18(17-28)24-12-13-25-23-10-8-19-16-20(29-30(6,7)26(2,3)4)9-11-21(19)22(23)14-15-27(24,25)5/h9,11,16,18,22-25,28H,8,10,12-15,17H2,1-7H3/t18-,22-,23-,24-,25+,27-/m1/s1. The molecular formula is C27H44O2Si. The Bertz CT molecular complexity index is 780. The van der Waals surface area contributed by atoms with Gasteiger partial charge in [0.05, 0.1) is 0 Å². The highest BCUT2D eigenvalue weighted by Gasteiger charge is 2.55. The van der Waals surface area contributed by atoms with Crippen LogP contribution in [-0.4, -0.2) is 20.0 Å². The molecule has 2 nitrogen and oxygen atoms in total. The molecule has 1 aromatic carbocycles. The summed E-state index contributed by atoms with van der Waals surface area (Å²) in [4.78, 5) is 0. The minimum Gasteiger partial charge on any atom is -0.543 e. The summed E-state index contributed by atoms with van der Waals surface area (Å²) in [7, 11) is -1.80. The average molecular weight is 429 g/mol. The van der Waals surface area contributed by atoms with Crippen LogP contribution in [0.3, 0.4) is 0 Å². The minimum absolute atomic E-state index is 0.229.